The summed E-state index contributed by atoms with van der Waals surface area (Å²) in [5, 5.41) is -0.0712. The summed E-state index contributed by atoms with van der Waals surface area (Å²) in [6.45, 7) is 8.27. The van der Waals surface area contributed by atoms with E-state index >= 15 is 0 Å². The van der Waals surface area contributed by atoms with E-state index in [0.717, 1.165) is 22.9 Å². The van der Waals surface area contributed by atoms with Crippen LogP contribution in [0.15, 0.2) is 28.6 Å². The highest BCUT2D eigenvalue weighted by atomic mass is 32.2. The van der Waals surface area contributed by atoms with Crippen molar-refractivity contribution in [1.82, 2.24) is 9.88 Å². The number of hydrogen-bond acceptors (Lipinski definition) is 4. The van der Waals surface area contributed by atoms with Crippen LogP contribution in [-0.4, -0.2) is 34.1 Å². The minimum atomic E-state index is -0.0712. The standard InChI is InChI=1S/C17H22N2OS2/c1-11-8-12(2)10-19(9-11)16(20)13(3)21-17-18-14-6-4-5-7-15(14)22-17/h4-7,11-13H,8-10H2,1-3H3/t11-,12-,13-/m1/s1. The Balaban J connectivity index is 1.68. The molecule has 0 saturated carbocycles. The van der Waals surface area contributed by atoms with Gasteiger partial charge in [-0.25, -0.2) is 4.98 Å². The number of nitrogens with zero attached hydrogens (tertiary/aromatic N) is 2. The van der Waals surface area contributed by atoms with Crippen LogP contribution < -0.4 is 0 Å². The summed E-state index contributed by atoms with van der Waals surface area (Å²) in [5.41, 5.74) is 1.02. The van der Waals surface area contributed by atoms with Crippen LogP contribution >= 0.6 is 23.1 Å². The number of carbonyl (C=O) groups excluding carboxylic acids is 1. The van der Waals surface area contributed by atoms with Crippen LogP contribution in [0.5, 0.6) is 0 Å². The Bertz CT molecular complexity index is 626. The van der Waals surface area contributed by atoms with Crippen molar-refractivity contribution >= 4 is 39.2 Å². The van der Waals surface area contributed by atoms with Gasteiger partial charge in [-0.3, -0.25) is 4.79 Å². The summed E-state index contributed by atoms with van der Waals surface area (Å²) in [7, 11) is 0. The molecule has 1 aromatic carbocycles. The molecule has 1 aromatic heterocycles. The van der Waals surface area contributed by atoms with E-state index in [0.29, 0.717) is 11.8 Å². The van der Waals surface area contributed by atoms with Gasteiger partial charge in [0, 0.05) is 13.1 Å². The fraction of sp³-hybridized carbons (Fsp3) is 0.529. The molecule has 3 nitrogen and oxygen atoms in total. The van der Waals surface area contributed by atoms with Gasteiger partial charge in [0.05, 0.1) is 15.5 Å². The molecule has 0 spiro atoms. The van der Waals surface area contributed by atoms with Crippen molar-refractivity contribution in [3.05, 3.63) is 24.3 Å². The van der Waals surface area contributed by atoms with E-state index in [4.69, 9.17) is 0 Å². The Morgan fingerprint density at radius 1 is 1.32 bits per heavy atom. The van der Waals surface area contributed by atoms with Crippen LogP contribution in [0.25, 0.3) is 10.2 Å². The number of rotatable bonds is 3. The number of piperidine rings is 1. The third-order valence-electron chi connectivity index (χ3n) is 4.08. The van der Waals surface area contributed by atoms with Crippen LogP contribution in [-0.2, 0) is 4.79 Å². The first-order valence-corrected chi connectivity index (χ1v) is 9.53. The summed E-state index contributed by atoms with van der Waals surface area (Å²) in [6, 6.07) is 8.13. The number of benzene rings is 1. The predicted molar refractivity (Wildman–Crippen MR) is 94.5 cm³/mol. The van der Waals surface area contributed by atoms with E-state index in [-0.39, 0.29) is 11.2 Å². The molecule has 0 aliphatic carbocycles. The van der Waals surface area contributed by atoms with Gasteiger partial charge in [0.15, 0.2) is 4.34 Å². The molecular weight excluding hydrogens is 312 g/mol. The Labute approximate surface area is 140 Å². The number of hydrogen-bond donors (Lipinski definition) is 0. The second-order valence-corrected chi connectivity index (χ2v) is 9.02. The lowest BCUT2D eigenvalue weighted by molar-refractivity contribution is -0.132. The highest BCUT2D eigenvalue weighted by molar-refractivity contribution is 8.02. The summed E-state index contributed by atoms with van der Waals surface area (Å²) in [4.78, 5) is 19.4. The van der Waals surface area contributed by atoms with Gasteiger partial charge in [-0.1, -0.05) is 37.7 Å². The zero-order chi connectivity index (χ0) is 15.7. The molecular formula is C17H22N2OS2. The molecule has 1 amide bonds. The zero-order valence-corrected chi connectivity index (χ0v) is 14.9. The van der Waals surface area contributed by atoms with Crippen molar-refractivity contribution in [3.8, 4) is 0 Å². The molecule has 3 rings (SSSR count). The molecule has 1 fully saturated rings. The molecule has 2 heterocycles. The Kier molecular flexibility index (Phi) is 4.73. The van der Waals surface area contributed by atoms with E-state index in [9.17, 15) is 4.79 Å². The maximum Gasteiger partial charge on any atom is 0.235 e. The lowest BCUT2D eigenvalue weighted by Gasteiger charge is -2.36. The van der Waals surface area contributed by atoms with Crippen LogP contribution in [0.1, 0.15) is 27.2 Å². The number of carbonyl (C=O) groups is 1. The molecule has 0 bridgehead atoms. The quantitative estimate of drug-likeness (QED) is 0.786. The van der Waals surface area contributed by atoms with E-state index in [1.54, 1.807) is 23.1 Å². The molecule has 0 N–H and O–H groups in total. The Morgan fingerprint density at radius 3 is 2.68 bits per heavy atom. The highest BCUT2D eigenvalue weighted by Gasteiger charge is 2.29. The van der Waals surface area contributed by atoms with Gasteiger partial charge >= 0.3 is 0 Å². The van der Waals surface area contributed by atoms with Crippen molar-refractivity contribution < 1.29 is 4.79 Å². The van der Waals surface area contributed by atoms with E-state index in [1.807, 2.05) is 30.0 Å². The van der Waals surface area contributed by atoms with Crippen LogP contribution in [0.3, 0.4) is 0 Å². The minimum absolute atomic E-state index is 0.0712. The summed E-state index contributed by atoms with van der Waals surface area (Å²) in [5.74, 6) is 1.46. The lowest BCUT2D eigenvalue weighted by Crippen LogP contribution is -2.45. The van der Waals surface area contributed by atoms with Gasteiger partial charge in [-0.2, -0.15) is 0 Å². The average molecular weight is 335 g/mol. The molecule has 22 heavy (non-hydrogen) atoms. The molecule has 1 aliphatic heterocycles. The first-order chi connectivity index (χ1) is 10.5. The summed E-state index contributed by atoms with van der Waals surface area (Å²) >= 11 is 3.26. The Hall–Kier alpha value is -1.07. The van der Waals surface area contributed by atoms with Gasteiger partial charge in [0.2, 0.25) is 5.91 Å². The summed E-state index contributed by atoms with van der Waals surface area (Å²) < 4.78 is 2.17. The average Bonchev–Trinajstić information content (AvgIpc) is 2.87. The highest BCUT2D eigenvalue weighted by Crippen LogP contribution is 2.33. The Morgan fingerprint density at radius 2 is 2.00 bits per heavy atom. The number of aromatic nitrogens is 1. The number of para-hydroxylation sites is 1. The minimum Gasteiger partial charge on any atom is -0.341 e. The number of fused-ring (bicyclic) bond motifs is 1. The van der Waals surface area contributed by atoms with E-state index in [2.05, 4.69) is 24.9 Å². The van der Waals surface area contributed by atoms with Crippen LogP contribution in [0.4, 0.5) is 0 Å². The van der Waals surface area contributed by atoms with Crippen molar-refractivity contribution in [1.29, 1.82) is 0 Å². The maximum atomic E-state index is 12.7. The predicted octanol–water partition coefficient (Wildman–Crippen LogP) is 4.28. The fourth-order valence-corrected chi connectivity index (χ4v) is 5.50. The first-order valence-electron chi connectivity index (χ1n) is 7.84. The maximum absolute atomic E-state index is 12.7. The number of thioether (sulfide) groups is 1. The second kappa shape index (κ2) is 6.59. The molecule has 3 atom stereocenters. The van der Waals surface area contributed by atoms with Crippen molar-refractivity contribution in [3.63, 3.8) is 0 Å². The van der Waals surface area contributed by atoms with Crippen LogP contribution in [0, 0.1) is 11.8 Å². The molecule has 0 unspecified atom stereocenters. The van der Waals surface area contributed by atoms with Crippen molar-refractivity contribution in [2.45, 2.75) is 36.8 Å². The largest absolute Gasteiger partial charge is 0.341 e. The smallest absolute Gasteiger partial charge is 0.235 e. The van der Waals surface area contributed by atoms with Gasteiger partial charge in [-0.05, 0) is 37.3 Å². The van der Waals surface area contributed by atoms with Crippen LogP contribution in [0.2, 0.25) is 0 Å². The van der Waals surface area contributed by atoms with E-state index in [1.165, 1.54) is 11.1 Å². The zero-order valence-electron chi connectivity index (χ0n) is 13.3. The molecule has 5 heteroatoms. The first kappa shape index (κ1) is 15.8. The van der Waals surface area contributed by atoms with Gasteiger partial charge < -0.3 is 4.90 Å². The van der Waals surface area contributed by atoms with Gasteiger partial charge in [0.25, 0.3) is 0 Å². The topological polar surface area (TPSA) is 33.2 Å². The fourth-order valence-electron chi connectivity index (χ4n) is 3.20. The third-order valence-corrected chi connectivity index (χ3v) is 6.30. The molecule has 2 aromatic rings. The van der Waals surface area contributed by atoms with Gasteiger partial charge in [0.1, 0.15) is 0 Å². The monoisotopic (exact) mass is 334 g/mol. The molecule has 1 aliphatic rings. The van der Waals surface area contributed by atoms with Crippen molar-refractivity contribution in [2.75, 3.05) is 13.1 Å². The number of likely N-dealkylation sites (tertiary alicyclic amines) is 1. The number of thiazole rings is 1. The lowest BCUT2D eigenvalue weighted by atomic mass is 9.92. The third kappa shape index (κ3) is 3.46. The van der Waals surface area contributed by atoms with E-state index < -0.39 is 0 Å². The molecule has 0 radical (unpaired) electrons. The second-order valence-electron chi connectivity index (χ2n) is 6.40. The number of amides is 1. The molecule has 118 valence electrons. The summed E-state index contributed by atoms with van der Waals surface area (Å²) in [6.07, 6.45) is 1.23. The normalized spacial score (nSPS) is 23.7. The van der Waals surface area contributed by atoms with Crippen molar-refractivity contribution in [2.24, 2.45) is 11.8 Å². The molecule has 1 saturated heterocycles. The SMILES string of the molecule is C[C@@H]1C[C@@H](C)CN(C(=O)[C@@H](C)Sc2nc3ccccc3s2)C1. The van der Waals surface area contributed by atoms with Gasteiger partial charge in [-0.15, -0.1) is 11.3 Å².